The minimum absolute atomic E-state index is 0.0529. The summed E-state index contributed by atoms with van der Waals surface area (Å²) in [6.07, 6.45) is 0. The standard InChI is InChI=1S/C16H14ClNO/c1-11(12-6-8-14(17)9-7-12)18-10-13-4-2-3-5-15(13)16(18)19/h2-9,11H,10H2,1H3/t11-/m0/s1. The van der Waals surface area contributed by atoms with Crippen molar-refractivity contribution in [3.05, 3.63) is 70.2 Å². The maximum Gasteiger partial charge on any atom is 0.255 e. The molecule has 2 aromatic rings. The highest BCUT2D eigenvalue weighted by molar-refractivity contribution is 6.30. The number of carbonyl (C=O) groups excluding carboxylic acids is 1. The van der Waals surface area contributed by atoms with E-state index >= 15 is 0 Å². The number of nitrogens with zero attached hydrogens (tertiary/aromatic N) is 1. The molecule has 0 saturated heterocycles. The minimum Gasteiger partial charge on any atom is -0.328 e. The molecule has 19 heavy (non-hydrogen) atoms. The van der Waals surface area contributed by atoms with E-state index in [9.17, 15) is 4.79 Å². The molecule has 0 bridgehead atoms. The first-order chi connectivity index (χ1) is 9.16. The average Bonchev–Trinajstić information content (AvgIpc) is 2.77. The van der Waals surface area contributed by atoms with Gasteiger partial charge in [0.2, 0.25) is 0 Å². The van der Waals surface area contributed by atoms with Gasteiger partial charge in [-0.25, -0.2) is 0 Å². The van der Waals surface area contributed by atoms with Gasteiger partial charge >= 0.3 is 0 Å². The van der Waals surface area contributed by atoms with Crippen LogP contribution in [0.5, 0.6) is 0 Å². The van der Waals surface area contributed by atoms with Crippen LogP contribution in [0.4, 0.5) is 0 Å². The van der Waals surface area contributed by atoms with E-state index in [1.165, 1.54) is 0 Å². The van der Waals surface area contributed by atoms with Crippen molar-refractivity contribution in [3.63, 3.8) is 0 Å². The highest BCUT2D eigenvalue weighted by Gasteiger charge is 2.30. The first kappa shape index (κ1) is 12.2. The van der Waals surface area contributed by atoms with E-state index in [0.717, 1.165) is 16.7 Å². The van der Waals surface area contributed by atoms with Crippen molar-refractivity contribution < 1.29 is 4.79 Å². The second-order valence-electron chi connectivity index (χ2n) is 4.82. The summed E-state index contributed by atoms with van der Waals surface area (Å²) in [6, 6.07) is 15.5. The molecule has 0 radical (unpaired) electrons. The molecule has 0 aliphatic carbocycles. The molecule has 0 aromatic heterocycles. The smallest absolute Gasteiger partial charge is 0.255 e. The monoisotopic (exact) mass is 271 g/mol. The number of amides is 1. The fourth-order valence-electron chi connectivity index (χ4n) is 2.51. The quantitative estimate of drug-likeness (QED) is 0.807. The third-order valence-corrected chi connectivity index (χ3v) is 3.92. The lowest BCUT2D eigenvalue weighted by Crippen LogP contribution is -2.27. The molecule has 3 heteroatoms. The Hall–Kier alpha value is -1.80. The third kappa shape index (κ3) is 2.13. The van der Waals surface area contributed by atoms with Crippen molar-refractivity contribution in [2.45, 2.75) is 19.5 Å². The Balaban J connectivity index is 1.89. The molecule has 1 heterocycles. The first-order valence-corrected chi connectivity index (χ1v) is 6.69. The molecule has 1 aliphatic heterocycles. The molecule has 0 unspecified atom stereocenters. The Morgan fingerprint density at radius 3 is 2.47 bits per heavy atom. The second-order valence-corrected chi connectivity index (χ2v) is 5.25. The maximum absolute atomic E-state index is 12.4. The summed E-state index contributed by atoms with van der Waals surface area (Å²) in [5.41, 5.74) is 3.03. The van der Waals surface area contributed by atoms with Crippen LogP contribution in [0.15, 0.2) is 48.5 Å². The summed E-state index contributed by atoms with van der Waals surface area (Å²) < 4.78 is 0. The van der Waals surface area contributed by atoms with Crippen LogP contribution < -0.4 is 0 Å². The van der Waals surface area contributed by atoms with Crippen molar-refractivity contribution >= 4 is 17.5 Å². The normalized spacial score (nSPS) is 15.5. The summed E-state index contributed by atoms with van der Waals surface area (Å²) in [7, 11) is 0. The van der Waals surface area contributed by atoms with Crippen molar-refractivity contribution in [3.8, 4) is 0 Å². The fraction of sp³-hybridized carbons (Fsp3) is 0.188. The average molecular weight is 272 g/mol. The number of halogens is 1. The van der Waals surface area contributed by atoms with Crippen LogP contribution in [0, 0.1) is 0 Å². The van der Waals surface area contributed by atoms with Crippen LogP contribution in [0.2, 0.25) is 5.02 Å². The Morgan fingerprint density at radius 2 is 1.79 bits per heavy atom. The molecule has 0 fully saturated rings. The molecule has 1 aliphatic rings. The van der Waals surface area contributed by atoms with E-state index in [-0.39, 0.29) is 11.9 Å². The number of rotatable bonds is 2. The summed E-state index contributed by atoms with van der Waals surface area (Å²) >= 11 is 5.90. The lowest BCUT2D eigenvalue weighted by atomic mass is 10.1. The lowest BCUT2D eigenvalue weighted by Gasteiger charge is -2.24. The predicted octanol–water partition coefficient (Wildman–Crippen LogP) is 4.06. The Labute approximate surface area is 117 Å². The van der Waals surface area contributed by atoms with Gasteiger partial charge in [-0.05, 0) is 36.2 Å². The van der Waals surface area contributed by atoms with E-state index < -0.39 is 0 Å². The van der Waals surface area contributed by atoms with E-state index in [2.05, 4.69) is 0 Å². The van der Waals surface area contributed by atoms with Crippen LogP contribution in [0.1, 0.15) is 34.5 Å². The largest absolute Gasteiger partial charge is 0.328 e. The van der Waals surface area contributed by atoms with Gasteiger partial charge in [0.15, 0.2) is 0 Å². The molecule has 0 spiro atoms. The lowest BCUT2D eigenvalue weighted by molar-refractivity contribution is 0.0716. The molecule has 1 amide bonds. The Morgan fingerprint density at radius 1 is 1.11 bits per heavy atom. The molecule has 2 aromatic carbocycles. The zero-order chi connectivity index (χ0) is 13.4. The van der Waals surface area contributed by atoms with Gasteiger partial charge in [0.05, 0.1) is 6.04 Å². The molecular formula is C16H14ClNO. The second kappa shape index (κ2) is 4.71. The van der Waals surface area contributed by atoms with Crippen molar-refractivity contribution in [2.24, 2.45) is 0 Å². The molecule has 96 valence electrons. The molecular weight excluding hydrogens is 258 g/mol. The summed E-state index contributed by atoms with van der Waals surface area (Å²) in [5.74, 6) is 0.109. The van der Waals surface area contributed by atoms with E-state index in [0.29, 0.717) is 11.6 Å². The van der Waals surface area contributed by atoms with Gasteiger partial charge in [-0.15, -0.1) is 0 Å². The number of fused-ring (bicyclic) bond motifs is 1. The Kier molecular flexibility index (Phi) is 3.03. The van der Waals surface area contributed by atoms with Gasteiger partial charge in [-0.1, -0.05) is 41.9 Å². The van der Waals surface area contributed by atoms with Crippen molar-refractivity contribution in [1.82, 2.24) is 4.90 Å². The summed E-state index contributed by atoms with van der Waals surface area (Å²) in [6.45, 7) is 2.73. The van der Waals surface area contributed by atoms with E-state index in [4.69, 9.17) is 11.6 Å². The summed E-state index contributed by atoms with van der Waals surface area (Å²) in [4.78, 5) is 14.3. The van der Waals surface area contributed by atoms with E-state index in [1.54, 1.807) is 0 Å². The van der Waals surface area contributed by atoms with Crippen molar-refractivity contribution in [1.29, 1.82) is 0 Å². The number of benzene rings is 2. The van der Waals surface area contributed by atoms with Gasteiger partial charge in [-0.3, -0.25) is 4.79 Å². The van der Waals surface area contributed by atoms with Gasteiger partial charge in [0, 0.05) is 17.1 Å². The van der Waals surface area contributed by atoms with E-state index in [1.807, 2.05) is 60.4 Å². The summed E-state index contributed by atoms with van der Waals surface area (Å²) in [5, 5.41) is 0.715. The van der Waals surface area contributed by atoms with Gasteiger partial charge in [0.1, 0.15) is 0 Å². The highest BCUT2D eigenvalue weighted by atomic mass is 35.5. The zero-order valence-electron chi connectivity index (χ0n) is 10.6. The molecule has 3 rings (SSSR count). The maximum atomic E-state index is 12.4. The minimum atomic E-state index is 0.0529. The third-order valence-electron chi connectivity index (χ3n) is 3.67. The SMILES string of the molecule is C[C@@H](c1ccc(Cl)cc1)N1Cc2ccccc2C1=O. The van der Waals surface area contributed by atoms with Crippen LogP contribution >= 0.6 is 11.6 Å². The fourth-order valence-corrected chi connectivity index (χ4v) is 2.64. The Bertz CT molecular complexity index is 621. The van der Waals surface area contributed by atoms with Crippen LogP contribution in [0.3, 0.4) is 0 Å². The number of hydrogen-bond donors (Lipinski definition) is 0. The molecule has 1 atom stereocenters. The number of carbonyl (C=O) groups is 1. The van der Waals surface area contributed by atoms with Crippen molar-refractivity contribution in [2.75, 3.05) is 0 Å². The number of hydrogen-bond acceptors (Lipinski definition) is 1. The topological polar surface area (TPSA) is 20.3 Å². The highest BCUT2D eigenvalue weighted by Crippen LogP contribution is 2.31. The predicted molar refractivity (Wildman–Crippen MR) is 76.2 cm³/mol. The van der Waals surface area contributed by atoms with Gasteiger partial charge in [-0.2, -0.15) is 0 Å². The van der Waals surface area contributed by atoms with Gasteiger partial charge in [0.25, 0.3) is 5.91 Å². The van der Waals surface area contributed by atoms with Crippen LogP contribution in [0.25, 0.3) is 0 Å². The molecule has 2 nitrogen and oxygen atoms in total. The zero-order valence-corrected chi connectivity index (χ0v) is 11.4. The molecule has 0 saturated carbocycles. The molecule has 0 N–H and O–H groups in total. The first-order valence-electron chi connectivity index (χ1n) is 6.31. The van der Waals surface area contributed by atoms with Gasteiger partial charge < -0.3 is 4.90 Å². The van der Waals surface area contributed by atoms with Crippen LogP contribution in [-0.4, -0.2) is 10.8 Å². The van der Waals surface area contributed by atoms with Crippen LogP contribution in [-0.2, 0) is 6.54 Å².